The van der Waals surface area contributed by atoms with Crippen LogP contribution in [-0.2, 0) is 89.9 Å². The normalized spacial score (nSPS) is 27.6. The third-order valence-electron chi connectivity index (χ3n) is 19.4. The summed E-state index contributed by atoms with van der Waals surface area (Å²) < 4.78 is 69.7. The number of aliphatic carboxylic acids is 1. The number of aliphatic hydroxyl groups excluding tert-OH is 16. The van der Waals surface area contributed by atoms with Gasteiger partial charge in [0.15, 0.2) is 25.2 Å². The number of unbranched alkanes of at least 4 members (excludes halogenated alkanes) is 5. The van der Waals surface area contributed by atoms with E-state index < -0.39 is 297 Å². The molecule has 4 aliphatic heterocycles. The largest absolute Gasteiger partial charge is 0.492 e. The first-order valence-corrected chi connectivity index (χ1v) is 42.5. The maximum atomic E-state index is 14.7. The summed E-state index contributed by atoms with van der Waals surface area (Å²) in [6.07, 6.45) is -32.2. The van der Waals surface area contributed by atoms with E-state index in [4.69, 9.17) is 47.2 Å². The zero-order valence-electron chi connectivity index (χ0n) is 67.5. The number of thioether (sulfide) groups is 1. The summed E-state index contributed by atoms with van der Waals surface area (Å²) in [5.41, 5.74) is -0.894. The van der Waals surface area contributed by atoms with E-state index >= 15 is 0 Å². The highest BCUT2D eigenvalue weighted by Crippen LogP contribution is 2.42. The van der Waals surface area contributed by atoms with Gasteiger partial charge in [0, 0.05) is 88.9 Å². The number of carboxylic acids is 1. The number of nitrogens with one attached hydrogen (secondary N) is 9. The van der Waals surface area contributed by atoms with Crippen LogP contribution >= 0.6 is 19.6 Å². The number of hydrogen-bond acceptors (Lipinski definition) is 39. The topological polar surface area (TPSA) is 762 Å². The fraction of sp³-hybridized carbons (Fsp3) is 0.778. The molecular weight excluding hydrogens is 1690 g/mol. The molecule has 51 heteroatoms. The van der Waals surface area contributed by atoms with Crippen LogP contribution in [0, 0.1) is 0 Å². The molecule has 123 heavy (non-hydrogen) atoms. The lowest BCUT2D eigenvalue weighted by molar-refractivity contribution is -0.300. The van der Waals surface area contributed by atoms with Crippen LogP contribution in [0.2, 0.25) is 0 Å². The predicted octanol–water partition coefficient (Wildman–Crippen LogP) is -11.2. The maximum Gasteiger partial charge on any atom is 0.471 e. The van der Waals surface area contributed by atoms with E-state index in [2.05, 4.69) is 52.4 Å². The lowest BCUT2D eigenvalue weighted by Crippen LogP contribution is -2.59. The van der Waals surface area contributed by atoms with Gasteiger partial charge in [0.05, 0.1) is 77.7 Å². The number of carboxylic acid groups (broad SMARTS) is 1. The zero-order chi connectivity index (χ0) is 90.9. The fourth-order valence-electron chi connectivity index (χ4n) is 12.4. The third-order valence-corrected chi connectivity index (χ3v) is 21.6. The van der Waals surface area contributed by atoms with Gasteiger partial charge in [-0.25, -0.2) is 4.57 Å². The van der Waals surface area contributed by atoms with Gasteiger partial charge in [-0.3, -0.25) is 57.0 Å². The Balaban J connectivity index is 1.31. The first-order valence-electron chi connectivity index (χ1n) is 39.9. The minimum Gasteiger partial charge on any atom is -0.492 e. The third kappa shape index (κ3) is 36.8. The van der Waals surface area contributed by atoms with Gasteiger partial charge < -0.3 is 182 Å². The minimum absolute atomic E-state index is 0.00200. The molecule has 1 aromatic rings. The van der Waals surface area contributed by atoms with Crippen molar-refractivity contribution in [3.05, 3.63) is 29.3 Å². The highest BCUT2D eigenvalue weighted by atomic mass is 32.2. The predicted molar refractivity (Wildman–Crippen MR) is 416 cm³/mol. The van der Waals surface area contributed by atoms with Gasteiger partial charge in [-0.15, -0.1) is 11.8 Å². The Kier molecular flexibility index (Phi) is 49.0. The molecule has 4 heterocycles. The Morgan fingerprint density at radius 3 is 1.14 bits per heavy atom. The second-order valence-electron chi connectivity index (χ2n) is 28.7. The Hall–Kier alpha value is -6.78. The number of hydrogen-bond donors (Lipinski definition) is 27. The van der Waals surface area contributed by atoms with Gasteiger partial charge in [0.25, 0.3) is 11.8 Å². The van der Waals surface area contributed by atoms with Gasteiger partial charge in [-0.1, -0.05) is 19.3 Å². The molecule has 4 aliphatic rings. The van der Waals surface area contributed by atoms with E-state index in [0.29, 0.717) is 51.5 Å². The molecule has 0 radical (unpaired) electrons. The summed E-state index contributed by atoms with van der Waals surface area (Å²) in [4.78, 5) is 144. The smallest absolute Gasteiger partial charge is 0.471 e. The first-order chi connectivity index (χ1) is 58.6. The van der Waals surface area contributed by atoms with Gasteiger partial charge in [-0.2, -0.15) is 0 Å². The average Bonchev–Trinajstić information content (AvgIpc) is 0.827. The van der Waals surface area contributed by atoms with E-state index in [0.717, 1.165) is 37.1 Å². The molecule has 27 N–H and O–H groups in total. The van der Waals surface area contributed by atoms with Crippen molar-refractivity contribution >= 4 is 78.7 Å². The van der Waals surface area contributed by atoms with Crippen LogP contribution in [0.1, 0.15) is 111 Å². The fourth-order valence-corrected chi connectivity index (χ4v) is 13.9. The number of carbonyl (C=O) groups excluding carboxylic acids is 9. The first kappa shape index (κ1) is 107. The number of aliphatic hydroxyl groups is 16. The van der Waals surface area contributed by atoms with Crippen LogP contribution in [0.5, 0.6) is 5.75 Å². The molecule has 0 spiro atoms. The van der Waals surface area contributed by atoms with Crippen LogP contribution in [0.4, 0.5) is 0 Å². The molecule has 0 aromatic heterocycles. The number of amides is 9. The molecule has 24 atom stereocenters. The van der Waals surface area contributed by atoms with Crippen molar-refractivity contribution in [1.82, 2.24) is 47.9 Å². The molecule has 49 nitrogen and oxygen atoms in total. The summed E-state index contributed by atoms with van der Waals surface area (Å²) in [7, 11) is -3.01. The SMILES string of the molecule is COP(=O)(O)OCCCCCCNC(=O)CCSC(CC(=O)O)C(=O)NCCCCCC(=O)NCCOc1cc(C(=O)NC(CCC(=O)NCCO[C@@H]2OC(CO)[C@@H](O)[C@H](O)C2O)C(=O)NCCO[C@H]2OC(CO)[C@@H](O)[C@H](O)C2O)cc(C(=O)NC(CCC(=O)NCCO[C@@H]2OC(CO)[C@@H](O)[C@H](O)C2O)C(=O)NCCO[C@H]2OC(CO)[C@@H](O)[C@H](O)C2O)c1. The van der Waals surface area contributed by atoms with Gasteiger partial charge >= 0.3 is 13.8 Å². The molecule has 1 aromatic carbocycles. The van der Waals surface area contributed by atoms with Crippen molar-refractivity contribution in [3.63, 3.8) is 0 Å². The van der Waals surface area contributed by atoms with Crippen molar-refractivity contribution in [2.75, 3.05) is 125 Å². The van der Waals surface area contributed by atoms with Crippen molar-refractivity contribution in [1.29, 1.82) is 0 Å². The van der Waals surface area contributed by atoms with Crippen LogP contribution in [0.15, 0.2) is 18.2 Å². The molecule has 12 unspecified atom stereocenters. The summed E-state index contributed by atoms with van der Waals surface area (Å²) in [5, 5.41) is 194. The number of ether oxygens (including phenoxy) is 9. The number of phosphoric ester groups is 1. The monoisotopic (exact) mass is 1810 g/mol. The second-order valence-corrected chi connectivity index (χ2v) is 31.6. The van der Waals surface area contributed by atoms with Crippen LogP contribution in [-0.4, -0.2) is 416 Å². The van der Waals surface area contributed by atoms with Crippen LogP contribution in [0.3, 0.4) is 0 Å². The minimum atomic E-state index is -4.06. The Morgan fingerprint density at radius 1 is 0.407 bits per heavy atom. The molecule has 0 bridgehead atoms. The van der Waals surface area contributed by atoms with E-state index in [1.165, 1.54) is 0 Å². The standard InChI is InChI=1S/C72H120N9O40PS/c1-111-122(109,110)117-22-8-3-2-6-15-73-50(89)14-28-123-46(32-51(90)91)68(108)77-16-7-4-5-9-47(86)74-17-23-112-39-30-37(64(104)80-40(66(106)78-20-26-115-71-62(102)58(98)54(94)44(35-84)120-71)10-12-48(87)75-18-24-113-69-60(100)56(96)52(92)42(33-82)118-69)29-38(31-39)65(105)81-41(67(107)79-21-27-116-72-63(103)59(99)55(95)45(36-85)121-72)11-13-49(88)76-19-25-114-70-61(101)57(97)53(93)43(34-83)119-70/h29-31,40-46,52-63,69-72,82-85,92-103H,2-28,32-36H2,1H3,(H,73,89)(H,74,86)(H,75,87)(H,76,88)(H,77,108)(H,78,106)(H,79,107)(H,80,104)(H,81,105)(H,90,91)(H,109,110)/t40?,41?,42?,43?,44?,45?,46?,52-,53-,54-,55-,56+,57+,58+,59+,60?,61?,62?,63?,69-,70-,71+,72+/m1/s1. The molecule has 9 amide bonds. The number of carbonyl (C=O) groups is 10. The zero-order valence-corrected chi connectivity index (χ0v) is 69.2. The number of phosphoric acid groups is 1. The lowest BCUT2D eigenvalue weighted by atomic mass is 9.99. The van der Waals surface area contributed by atoms with Crippen molar-refractivity contribution in [2.45, 2.75) is 230 Å². The maximum absolute atomic E-state index is 14.7. The number of rotatable bonds is 58. The Labute approximate surface area is 709 Å². The Morgan fingerprint density at radius 2 is 0.748 bits per heavy atom. The van der Waals surface area contributed by atoms with Crippen LogP contribution < -0.4 is 52.6 Å². The summed E-state index contributed by atoms with van der Waals surface area (Å²) in [5.74, 6) is -8.51. The quantitative estimate of drug-likeness (QED) is 0.0213. The molecule has 4 saturated heterocycles. The molecular formula is C72H120N9O40PS. The molecule has 5 rings (SSSR count). The molecule has 4 fully saturated rings. The van der Waals surface area contributed by atoms with E-state index in [-0.39, 0.29) is 82.9 Å². The summed E-state index contributed by atoms with van der Waals surface area (Å²) in [6.45, 7) is -6.41. The highest BCUT2D eigenvalue weighted by Gasteiger charge is 2.48. The van der Waals surface area contributed by atoms with Gasteiger partial charge in [0.2, 0.25) is 41.4 Å². The highest BCUT2D eigenvalue weighted by molar-refractivity contribution is 8.00. The second kappa shape index (κ2) is 56.4. The summed E-state index contributed by atoms with van der Waals surface area (Å²) >= 11 is 0.999. The van der Waals surface area contributed by atoms with Gasteiger partial charge in [-0.05, 0) is 56.7 Å². The lowest BCUT2D eigenvalue weighted by Gasteiger charge is -2.39. The summed E-state index contributed by atoms with van der Waals surface area (Å²) in [6, 6.07) is -0.172. The van der Waals surface area contributed by atoms with Crippen molar-refractivity contribution in [3.8, 4) is 5.75 Å². The van der Waals surface area contributed by atoms with E-state index in [9.17, 15) is 144 Å². The van der Waals surface area contributed by atoms with E-state index in [1.54, 1.807) is 0 Å². The molecule has 0 aliphatic carbocycles. The molecule has 0 saturated carbocycles. The Bertz CT molecular complexity index is 3310. The average molecular weight is 1810 g/mol. The van der Waals surface area contributed by atoms with E-state index in [1.807, 2.05) is 0 Å². The van der Waals surface area contributed by atoms with Gasteiger partial charge in [0.1, 0.15) is 122 Å². The van der Waals surface area contributed by atoms with Crippen molar-refractivity contribution in [2.24, 2.45) is 0 Å². The molecule has 704 valence electrons. The number of benzene rings is 1. The van der Waals surface area contributed by atoms with Crippen LogP contribution in [0.25, 0.3) is 0 Å². The van der Waals surface area contributed by atoms with Crippen molar-refractivity contribution < 1.29 is 196 Å².